The van der Waals surface area contributed by atoms with E-state index in [0.29, 0.717) is 44.2 Å². The minimum absolute atomic E-state index is 0.123. The number of benzene rings is 1. The molecule has 0 aliphatic carbocycles. The van der Waals surface area contributed by atoms with Crippen LogP contribution in [0.3, 0.4) is 0 Å². The fourth-order valence-electron chi connectivity index (χ4n) is 2.76. The quantitative estimate of drug-likeness (QED) is 0.826. The van der Waals surface area contributed by atoms with E-state index in [1.54, 1.807) is 52.4 Å². The number of morpholine rings is 1. The Labute approximate surface area is 151 Å². The lowest BCUT2D eigenvalue weighted by Gasteiger charge is -2.32. The fraction of sp³-hybridized carbons (Fsp3) is 0.316. The third-order valence-electron chi connectivity index (χ3n) is 4.20. The molecule has 1 fully saturated rings. The molecule has 0 unspecified atom stereocenters. The Morgan fingerprint density at radius 1 is 1.12 bits per heavy atom. The van der Waals surface area contributed by atoms with E-state index in [9.17, 15) is 9.59 Å². The third kappa shape index (κ3) is 4.25. The Bertz CT molecular complexity index is 743. The number of carbonyl (C=O) groups is 2. The Kier molecular flexibility index (Phi) is 5.93. The second kappa shape index (κ2) is 8.55. The van der Waals surface area contributed by atoms with Gasteiger partial charge in [0.25, 0.3) is 0 Å². The van der Waals surface area contributed by atoms with Crippen molar-refractivity contribution in [2.75, 3.05) is 37.8 Å². The molecule has 1 saturated heterocycles. The highest BCUT2D eigenvalue weighted by Crippen LogP contribution is 2.18. The van der Waals surface area contributed by atoms with Crippen molar-refractivity contribution in [1.82, 2.24) is 9.88 Å². The third-order valence-corrected chi connectivity index (χ3v) is 4.20. The second-order valence-electron chi connectivity index (χ2n) is 5.93. The van der Waals surface area contributed by atoms with E-state index < -0.39 is 6.61 Å². The average Bonchev–Trinajstić information content (AvgIpc) is 2.72. The van der Waals surface area contributed by atoms with Crippen LogP contribution in [-0.2, 0) is 11.3 Å². The summed E-state index contributed by atoms with van der Waals surface area (Å²) in [5.74, 6) is 0.238. The Balaban J connectivity index is 1.81. The number of pyridine rings is 1. The average molecular weight is 355 g/mol. The highest BCUT2D eigenvalue weighted by molar-refractivity contribution is 5.97. The summed E-state index contributed by atoms with van der Waals surface area (Å²) in [6, 6.07) is 12.2. The van der Waals surface area contributed by atoms with Gasteiger partial charge in [0.2, 0.25) is 0 Å². The molecule has 1 aliphatic rings. The van der Waals surface area contributed by atoms with E-state index in [2.05, 4.69) is 4.98 Å². The summed E-state index contributed by atoms with van der Waals surface area (Å²) in [4.78, 5) is 32.2. The number of aromatic nitrogens is 1. The lowest BCUT2D eigenvalue weighted by Crippen LogP contribution is -2.48. The van der Waals surface area contributed by atoms with Crippen LogP contribution in [0.4, 0.5) is 10.6 Å². The minimum atomic E-state index is -0.519. The summed E-state index contributed by atoms with van der Waals surface area (Å²) in [6.07, 6.45) is 1.65. The fourth-order valence-corrected chi connectivity index (χ4v) is 2.76. The van der Waals surface area contributed by atoms with Crippen LogP contribution in [0.1, 0.15) is 15.9 Å². The molecule has 2 heterocycles. The number of hydrogen-bond donors (Lipinski definition) is 1. The Morgan fingerprint density at radius 3 is 2.46 bits per heavy atom. The smallest absolute Gasteiger partial charge is 0.326 e. The van der Waals surface area contributed by atoms with E-state index in [-0.39, 0.29) is 11.8 Å². The number of urea groups is 1. The molecule has 7 heteroatoms. The van der Waals surface area contributed by atoms with Gasteiger partial charge in [0.15, 0.2) is 5.78 Å². The van der Waals surface area contributed by atoms with Crippen molar-refractivity contribution in [1.29, 1.82) is 0 Å². The number of nitrogens with zero attached hydrogens (tertiary/aromatic N) is 3. The lowest BCUT2D eigenvalue weighted by molar-refractivity contribution is 0.0547. The van der Waals surface area contributed by atoms with Crippen molar-refractivity contribution in [2.24, 2.45) is 0 Å². The van der Waals surface area contributed by atoms with Crippen molar-refractivity contribution in [3.63, 3.8) is 0 Å². The summed E-state index contributed by atoms with van der Waals surface area (Å²) in [7, 11) is 0. The number of aliphatic hydroxyl groups excluding tert-OH is 1. The van der Waals surface area contributed by atoms with Gasteiger partial charge in [-0.25, -0.2) is 9.78 Å². The highest BCUT2D eigenvalue weighted by Gasteiger charge is 2.25. The van der Waals surface area contributed by atoms with Crippen LogP contribution in [0, 0.1) is 0 Å². The first-order valence-electron chi connectivity index (χ1n) is 8.47. The van der Waals surface area contributed by atoms with Crippen LogP contribution in [-0.4, -0.2) is 59.7 Å². The van der Waals surface area contributed by atoms with E-state index >= 15 is 0 Å². The van der Waals surface area contributed by atoms with Crippen LogP contribution in [0.5, 0.6) is 0 Å². The van der Waals surface area contributed by atoms with E-state index in [4.69, 9.17) is 9.84 Å². The molecular formula is C19H21N3O4. The molecule has 7 nitrogen and oxygen atoms in total. The molecule has 1 aromatic heterocycles. The molecule has 26 heavy (non-hydrogen) atoms. The molecule has 0 radical (unpaired) electrons. The van der Waals surface area contributed by atoms with Crippen molar-refractivity contribution in [3.05, 3.63) is 59.8 Å². The molecule has 0 atom stereocenters. The first kappa shape index (κ1) is 18.0. The number of ether oxygens (including phenoxy) is 1. The van der Waals surface area contributed by atoms with Crippen LogP contribution < -0.4 is 4.90 Å². The van der Waals surface area contributed by atoms with Crippen LogP contribution in [0.2, 0.25) is 0 Å². The van der Waals surface area contributed by atoms with E-state index in [1.807, 2.05) is 6.07 Å². The molecule has 0 saturated carbocycles. The number of amides is 2. The number of rotatable bonds is 5. The normalized spacial score (nSPS) is 14.1. The van der Waals surface area contributed by atoms with Crippen LogP contribution in [0.15, 0.2) is 48.7 Å². The zero-order chi connectivity index (χ0) is 18.4. The van der Waals surface area contributed by atoms with Crippen LogP contribution >= 0.6 is 0 Å². The van der Waals surface area contributed by atoms with Gasteiger partial charge in [-0.2, -0.15) is 0 Å². The van der Waals surface area contributed by atoms with Gasteiger partial charge in [0.05, 0.1) is 19.8 Å². The van der Waals surface area contributed by atoms with Crippen molar-refractivity contribution in [3.8, 4) is 0 Å². The lowest BCUT2D eigenvalue weighted by atomic mass is 10.1. The zero-order valence-corrected chi connectivity index (χ0v) is 14.4. The number of anilines is 1. The number of Topliss-reactive ketones (excluding diaryl/α,β-unsaturated/α-hetero) is 1. The van der Waals surface area contributed by atoms with Crippen molar-refractivity contribution < 1.29 is 19.4 Å². The molecule has 0 spiro atoms. The SMILES string of the molecule is O=C(CO)c1ccc(CN(C(=O)N2CCOCC2)c2ccccn2)cc1. The first-order valence-corrected chi connectivity index (χ1v) is 8.47. The Hall–Kier alpha value is -2.77. The van der Waals surface area contributed by atoms with Gasteiger partial charge in [-0.3, -0.25) is 9.69 Å². The van der Waals surface area contributed by atoms with Crippen molar-refractivity contribution >= 4 is 17.6 Å². The van der Waals surface area contributed by atoms with Gasteiger partial charge in [-0.05, 0) is 17.7 Å². The minimum Gasteiger partial charge on any atom is -0.388 e. The molecule has 2 amide bonds. The first-order chi connectivity index (χ1) is 12.7. The monoisotopic (exact) mass is 355 g/mol. The van der Waals surface area contributed by atoms with Gasteiger partial charge in [-0.15, -0.1) is 0 Å². The number of ketones is 1. The maximum Gasteiger partial charge on any atom is 0.326 e. The topological polar surface area (TPSA) is 83.0 Å². The maximum atomic E-state index is 13.0. The van der Waals surface area contributed by atoms with Crippen molar-refractivity contribution in [2.45, 2.75) is 6.54 Å². The molecule has 1 aliphatic heterocycles. The molecular weight excluding hydrogens is 334 g/mol. The largest absolute Gasteiger partial charge is 0.388 e. The summed E-state index contributed by atoms with van der Waals surface area (Å²) in [5.41, 5.74) is 1.31. The molecule has 0 bridgehead atoms. The van der Waals surface area contributed by atoms with Gasteiger partial charge in [-0.1, -0.05) is 30.3 Å². The number of carbonyl (C=O) groups excluding carboxylic acids is 2. The predicted octanol–water partition coefficient (Wildman–Crippen LogP) is 1.72. The van der Waals surface area contributed by atoms with Gasteiger partial charge in [0.1, 0.15) is 12.4 Å². The molecule has 1 aromatic carbocycles. The summed E-state index contributed by atoms with van der Waals surface area (Å²) >= 11 is 0. The summed E-state index contributed by atoms with van der Waals surface area (Å²) in [6.45, 7) is 1.97. The summed E-state index contributed by atoms with van der Waals surface area (Å²) < 4.78 is 5.32. The molecule has 3 rings (SSSR count). The molecule has 2 aromatic rings. The van der Waals surface area contributed by atoms with Gasteiger partial charge < -0.3 is 14.7 Å². The molecule has 136 valence electrons. The van der Waals surface area contributed by atoms with Crippen LogP contribution in [0.25, 0.3) is 0 Å². The second-order valence-corrected chi connectivity index (χ2v) is 5.93. The molecule has 1 N–H and O–H groups in total. The predicted molar refractivity (Wildman–Crippen MR) is 96.1 cm³/mol. The zero-order valence-electron chi connectivity index (χ0n) is 14.4. The number of aliphatic hydroxyl groups is 1. The van der Waals surface area contributed by atoms with E-state index in [0.717, 1.165) is 5.56 Å². The van der Waals surface area contributed by atoms with Gasteiger partial charge in [0, 0.05) is 24.8 Å². The maximum absolute atomic E-state index is 13.0. The number of hydrogen-bond acceptors (Lipinski definition) is 5. The Morgan fingerprint density at radius 2 is 1.85 bits per heavy atom. The summed E-state index contributed by atoms with van der Waals surface area (Å²) in [5, 5.41) is 8.94. The highest BCUT2D eigenvalue weighted by atomic mass is 16.5. The standard InChI is InChI=1S/C19H21N3O4/c23-14-17(24)16-6-4-15(5-7-16)13-22(18-3-1-2-8-20-18)19(25)21-9-11-26-12-10-21/h1-8,23H,9-14H2. The van der Waals surface area contributed by atoms with Gasteiger partial charge >= 0.3 is 6.03 Å². The van der Waals surface area contributed by atoms with E-state index in [1.165, 1.54) is 0 Å².